The fourth-order valence-electron chi connectivity index (χ4n) is 3.69. The van der Waals surface area contributed by atoms with Crippen molar-refractivity contribution in [2.45, 2.75) is 82.6 Å². The molecule has 1 aliphatic heterocycles. The van der Waals surface area contributed by atoms with Gasteiger partial charge in [-0.05, 0) is 24.8 Å². The highest BCUT2D eigenvalue weighted by Gasteiger charge is 2.38. The highest BCUT2D eigenvalue weighted by Crippen LogP contribution is 2.40. The summed E-state index contributed by atoms with van der Waals surface area (Å²) in [5.74, 6) is 1.98. The monoisotopic (exact) mass is 312 g/mol. The maximum Gasteiger partial charge on any atom is 0.0965 e. The van der Waals surface area contributed by atoms with Crippen molar-refractivity contribution in [1.29, 1.82) is 0 Å². The van der Waals surface area contributed by atoms with Crippen LogP contribution in [0.25, 0.3) is 0 Å². The van der Waals surface area contributed by atoms with E-state index < -0.39 is 0 Å². The zero-order valence-electron chi connectivity index (χ0n) is 14.5. The van der Waals surface area contributed by atoms with Gasteiger partial charge in [0.15, 0.2) is 0 Å². The van der Waals surface area contributed by atoms with Gasteiger partial charge in [0.25, 0.3) is 0 Å². The quantitative estimate of drug-likeness (QED) is 0.772. The lowest BCUT2D eigenvalue weighted by atomic mass is 10.1. The second-order valence-electron chi connectivity index (χ2n) is 7.26. The van der Waals surface area contributed by atoms with E-state index in [9.17, 15) is 0 Å². The minimum atomic E-state index is 0.617. The molecule has 1 aromatic rings. The first kappa shape index (κ1) is 16.5. The second-order valence-corrected chi connectivity index (χ2v) is 7.26. The summed E-state index contributed by atoms with van der Waals surface area (Å²) >= 11 is 0. The molecule has 0 spiro atoms. The van der Waals surface area contributed by atoms with Crippen molar-refractivity contribution in [3.05, 3.63) is 35.9 Å². The number of benzene rings is 1. The summed E-state index contributed by atoms with van der Waals surface area (Å²) < 4.78 is 0. The largest absolute Gasteiger partial charge is 0.370 e. The first-order chi connectivity index (χ1) is 11.4. The number of aliphatic imine (C=N–C) groups is 1. The smallest absolute Gasteiger partial charge is 0.0965 e. The van der Waals surface area contributed by atoms with Crippen LogP contribution >= 0.6 is 0 Å². The molecule has 0 amide bonds. The maximum absolute atomic E-state index is 4.90. The standard InChI is InChI=1S/C21H32N2/c1-2-4-6-11-15-21(22-16-12-7-5-3-1)23-20-17-19(20)18-13-9-8-10-14-18/h8-10,13-14,19-20H,1-7,11-12,15-17H2,(H,22,23). The highest BCUT2D eigenvalue weighted by atomic mass is 15.1. The van der Waals surface area contributed by atoms with Crippen molar-refractivity contribution < 1.29 is 0 Å². The van der Waals surface area contributed by atoms with Gasteiger partial charge in [0.1, 0.15) is 0 Å². The average Bonchev–Trinajstić information content (AvgIpc) is 3.34. The van der Waals surface area contributed by atoms with Gasteiger partial charge in [-0.15, -0.1) is 0 Å². The lowest BCUT2D eigenvalue weighted by Crippen LogP contribution is -2.27. The van der Waals surface area contributed by atoms with E-state index in [1.54, 1.807) is 0 Å². The summed E-state index contributed by atoms with van der Waals surface area (Å²) in [5.41, 5.74) is 1.48. The SMILES string of the molecule is c1ccc(C2CC2NC2=NCCCCCCCCCCC2)cc1. The van der Waals surface area contributed by atoms with Crippen molar-refractivity contribution in [2.75, 3.05) is 6.54 Å². The third kappa shape index (κ3) is 5.67. The van der Waals surface area contributed by atoms with Gasteiger partial charge in [-0.1, -0.05) is 75.3 Å². The van der Waals surface area contributed by atoms with Gasteiger partial charge in [-0.2, -0.15) is 0 Å². The Labute approximate surface area is 141 Å². The third-order valence-electron chi connectivity index (χ3n) is 5.24. The first-order valence-electron chi connectivity index (χ1n) is 9.78. The topological polar surface area (TPSA) is 24.4 Å². The molecule has 1 fully saturated rings. The number of hydrogen-bond acceptors (Lipinski definition) is 2. The van der Waals surface area contributed by atoms with Gasteiger partial charge in [-0.3, -0.25) is 4.99 Å². The fraction of sp³-hybridized carbons (Fsp3) is 0.667. The minimum absolute atomic E-state index is 0.617. The van der Waals surface area contributed by atoms with Crippen LogP contribution in [0.5, 0.6) is 0 Å². The predicted molar refractivity (Wildman–Crippen MR) is 99.2 cm³/mol. The van der Waals surface area contributed by atoms with E-state index in [2.05, 4.69) is 35.6 Å². The number of rotatable bonds is 2. The molecule has 1 aliphatic carbocycles. The molecule has 2 aliphatic rings. The molecule has 0 bridgehead atoms. The zero-order valence-corrected chi connectivity index (χ0v) is 14.5. The lowest BCUT2D eigenvalue weighted by Gasteiger charge is -2.10. The van der Waals surface area contributed by atoms with Crippen molar-refractivity contribution in [2.24, 2.45) is 4.99 Å². The maximum atomic E-state index is 4.90. The van der Waals surface area contributed by atoms with E-state index in [1.807, 2.05) is 0 Å². The van der Waals surface area contributed by atoms with E-state index in [0.29, 0.717) is 12.0 Å². The third-order valence-corrected chi connectivity index (χ3v) is 5.24. The molecule has 1 saturated carbocycles. The van der Waals surface area contributed by atoms with Crippen LogP contribution in [0, 0.1) is 0 Å². The van der Waals surface area contributed by atoms with Crippen molar-refractivity contribution >= 4 is 5.84 Å². The van der Waals surface area contributed by atoms with E-state index in [1.165, 1.54) is 75.6 Å². The van der Waals surface area contributed by atoms with Crippen molar-refractivity contribution in [3.8, 4) is 0 Å². The van der Waals surface area contributed by atoms with E-state index in [-0.39, 0.29) is 0 Å². The Hall–Kier alpha value is -1.31. The van der Waals surface area contributed by atoms with Gasteiger partial charge < -0.3 is 5.32 Å². The molecule has 0 aromatic heterocycles. The molecule has 1 N–H and O–H groups in total. The van der Waals surface area contributed by atoms with Gasteiger partial charge in [0.2, 0.25) is 0 Å². The molecule has 0 radical (unpaired) electrons. The number of nitrogens with one attached hydrogen (secondary N) is 1. The highest BCUT2D eigenvalue weighted by molar-refractivity contribution is 5.83. The van der Waals surface area contributed by atoms with Crippen LogP contribution in [0.3, 0.4) is 0 Å². The molecular formula is C21H32N2. The zero-order chi connectivity index (χ0) is 15.7. The van der Waals surface area contributed by atoms with Gasteiger partial charge in [0.05, 0.1) is 5.84 Å². The second kappa shape index (κ2) is 9.10. The van der Waals surface area contributed by atoms with Gasteiger partial charge in [0, 0.05) is 24.9 Å². The van der Waals surface area contributed by atoms with Crippen LogP contribution in [-0.4, -0.2) is 18.4 Å². The molecule has 126 valence electrons. The Bertz CT molecular complexity index is 480. The molecular weight excluding hydrogens is 280 g/mol. The van der Waals surface area contributed by atoms with E-state index in [0.717, 1.165) is 13.0 Å². The summed E-state index contributed by atoms with van der Waals surface area (Å²) in [6, 6.07) is 11.6. The number of hydrogen-bond donors (Lipinski definition) is 1. The molecule has 2 unspecified atom stereocenters. The summed E-state index contributed by atoms with van der Waals surface area (Å²) in [7, 11) is 0. The molecule has 2 heteroatoms. The average molecular weight is 313 g/mol. The molecule has 23 heavy (non-hydrogen) atoms. The number of nitrogens with zero attached hydrogens (tertiary/aromatic N) is 1. The lowest BCUT2D eigenvalue weighted by molar-refractivity contribution is 0.567. The predicted octanol–water partition coefficient (Wildman–Crippen LogP) is 5.45. The molecule has 2 atom stereocenters. The van der Waals surface area contributed by atoms with Crippen LogP contribution in [0.15, 0.2) is 35.3 Å². The Morgan fingerprint density at radius 3 is 2.17 bits per heavy atom. The molecule has 1 heterocycles. The Kier molecular flexibility index (Phi) is 6.55. The van der Waals surface area contributed by atoms with Crippen LogP contribution in [-0.2, 0) is 0 Å². The summed E-state index contributed by atoms with van der Waals surface area (Å²) in [5, 5.41) is 3.76. The summed E-state index contributed by atoms with van der Waals surface area (Å²) in [4.78, 5) is 4.90. The summed E-state index contributed by atoms with van der Waals surface area (Å²) in [6.45, 7) is 1.02. The Morgan fingerprint density at radius 2 is 1.43 bits per heavy atom. The molecule has 2 nitrogen and oxygen atoms in total. The normalized spacial score (nSPS) is 27.0. The first-order valence-corrected chi connectivity index (χ1v) is 9.78. The van der Waals surface area contributed by atoms with Crippen LogP contribution in [0.1, 0.15) is 82.1 Å². The van der Waals surface area contributed by atoms with Crippen LogP contribution in [0.4, 0.5) is 0 Å². The van der Waals surface area contributed by atoms with Gasteiger partial charge >= 0.3 is 0 Å². The van der Waals surface area contributed by atoms with Crippen molar-refractivity contribution in [3.63, 3.8) is 0 Å². The Balaban J connectivity index is 1.49. The van der Waals surface area contributed by atoms with Crippen LogP contribution < -0.4 is 5.32 Å². The van der Waals surface area contributed by atoms with Gasteiger partial charge in [-0.25, -0.2) is 0 Å². The minimum Gasteiger partial charge on any atom is -0.370 e. The molecule has 1 aromatic carbocycles. The van der Waals surface area contributed by atoms with E-state index in [4.69, 9.17) is 4.99 Å². The summed E-state index contributed by atoms with van der Waals surface area (Å²) in [6.07, 6.45) is 14.8. The fourth-order valence-corrected chi connectivity index (χ4v) is 3.69. The Morgan fingerprint density at radius 1 is 0.783 bits per heavy atom. The molecule has 0 saturated heterocycles. The van der Waals surface area contributed by atoms with E-state index >= 15 is 0 Å². The van der Waals surface area contributed by atoms with Crippen molar-refractivity contribution in [1.82, 2.24) is 5.32 Å². The number of amidine groups is 1. The molecule has 3 rings (SSSR count). The van der Waals surface area contributed by atoms with Crippen LogP contribution in [0.2, 0.25) is 0 Å².